The van der Waals surface area contributed by atoms with Gasteiger partial charge in [0, 0.05) is 52.4 Å². The smallest absolute Gasteiger partial charge is 0.317 e. The summed E-state index contributed by atoms with van der Waals surface area (Å²) in [5.74, 6) is -11.4. The number of carboxylic acids is 3. The van der Waals surface area contributed by atoms with Crippen molar-refractivity contribution in [2.24, 2.45) is 20.6 Å². The zero-order valence-corrected chi connectivity index (χ0v) is 51.5. The molecular weight excluding hydrogens is 1330 g/mol. The third-order valence-electron chi connectivity index (χ3n) is 12.8. The van der Waals surface area contributed by atoms with Gasteiger partial charge < -0.3 is 147 Å². The Labute approximate surface area is 548 Å². The van der Waals surface area contributed by atoms with Gasteiger partial charge in [-0.2, -0.15) is 0 Å². The lowest BCUT2D eigenvalue weighted by Gasteiger charge is -2.28. The molecule has 0 rings (SSSR count). The van der Waals surface area contributed by atoms with Crippen LogP contribution in [0, 0.1) is 0 Å². The van der Waals surface area contributed by atoms with Gasteiger partial charge in [0.05, 0.1) is 84.0 Å². The van der Waals surface area contributed by atoms with Crippen molar-refractivity contribution in [3.05, 3.63) is 0 Å². The first-order valence-corrected chi connectivity index (χ1v) is 28.6. The van der Waals surface area contributed by atoms with Gasteiger partial charge in [0.2, 0.25) is 11.8 Å². The Morgan fingerprint density at radius 3 is 0.753 bits per heavy atom. The second-order valence-corrected chi connectivity index (χ2v) is 20.5. The molecule has 0 aliphatic heterocycles. The largest absolute Gasteiger partial charge is 0.480 e. The lowest BCUT2D eigenvalue weighted by molar-refractivity contribution is -0.152. The van der Waals surface area contributed by atoms with Crippen LogP contribution in [0.4, 0.5) is 0 Å². The van der Waals surface area contributed by atoms with Crippen LogP contribution in [-0.4, -0.2) is 456 Å². The molecule has 0 spiro atoms. The van der Waals surface area contributed by atoms with Crippen molar-refractivity contribution in [3.63, 3.8) is 0 Å². The number of imide groups is 2. The highest BCUT2D eigenvalue weighted by Gasteiger charge is 2.34. The minimum Gasteiger partial charge on any atom is -0.480 e. The molecule has 47 nitrogen and oxygen atoms in total. The lowest BCUT2D eigenvalue weighted by Crippen LogP contribution is -2.49. The summed E-state index contributed by atoms with van der Waals surface area (Å²) in [7, 11) is 0. The summed E-state index contributed by atoms with van der Waals surface area (Å²) in [6.07, 6.45) is -30.9. The zero-order chi connectivity index (χ0) is 74.1. The van der Waals surface area contributed by atoms with Crippen molar-refractivity contribution in [2.45, 2.75) is 97.7 Å². The first kappa shape index (κ1) is 89.6. The first-order valence-electron chi connectivity index (χ1n) is 28.6. The fraction of sp³-hybridized carbons (Fsp3) is 0.740. The summed E-state index contributed by atoms with van der Waals surface area (Å²) in [4.78, 5) is 138. The molecule has 0 aromatic heterocycles. The fourth-order valence-corrected chi connectivity index (χ4v) is 7.35. The van der Waals surface area contributed by atoms with E-state index < -0.39 is 276 Å². The minimum atomic E-state index is -2.14. The standard InChI is InChI=1S/C50H87N11O36/c62-18-30(70)47(90)43(86)26(66)9-53-94-22-36(76)60(37(77)23-95-54-10-27(67)44(87)48(91)31(71)19-63)3-1-51-34(74)13-58(16-41(82)83)7-5-57(15-40(80)81)6-8-59(17-42(84)85)14-35(75)52-2-4-61(38(78)24-96-55-11-28(68)45(88)49(92)32(72)20-64)39(79)25-97-56-12-29(69)46(89)50(93)33(73)21-65/h9-12,26-33,43-50,62-73,86-93H,1-8,13-25H2,(H,51,74)(H,52,75)(H,80,81)(H,82,83)(H,84,85)/b53-9+,54-10+,55-11+,56-12+/t26?,27?,28?,29?,30?,31?,32?,33?,43-,44-,45-,46?,47+,48?,49+,50+/m0/s1. The van der Waals surface area contributed by atoms with Crippen LogP contribution in [0.15, 0.2) is 20.6 Å². The van der Waals surface area contributed by atoms with Gasteiger partial charge in [0.25, 0.3) is 23.6 Å². The van der Waals surface area contributed by atoms with Gasteiger partial charge in [-0.1, -0.05) is 20.6 Å². The molecule has 0 saturated carbocycles. The van der Waals surface area contributed by atoms with Crippen molar-refractivity contribution in [1.29, 1.82) is 0 Å². The Morgan fingerprint density at radius 1 is 0.320 bits per heavy atom. The Hall–Kier alpha value is -7.41. The van der Waals surface area contributed by atoms with Gasteiger partial charge in [0.15, 0.2) is 26.4 Å². The quantitative estimate of drug-likeness (QED) is 0.0199. The molecule has 0 aliphatic rings. The number of aliphatic hydroxyl groups is 20. The number of hydrogen-bond acceptors (Lipinski definition) is 40. The molecule has 0 heterocycles. The molecule has 0 saturated heterocycles. The van der Waals surface area contributed by atoms with Gasteiger partial charge in [-0.25, -0.2) is 0 Å². The summed E-state index contributed by atoms with van der Waals surface area (Å²) >= 11 is 0. The number of aliphatic hydroxyl groups excluding tert-OH is 20. The first-order chi connectivity index (χ1) is 45.6. The Balaban J connectivity index is 6.24. The minimum absolute atomic E-state index is 0.354. The van der Waals surface area contributed by atoms with Gasteiger partial charge >= 0.3 is 17.9 Å². The van der Waals surface area contributed by atoms with E-state index in [0.29, 0.717) is 34.7 Å². The average molecular weight is 1420 g/mol. The predicted molar refractivity (Wildman–Crippen MR) is 314 cm³/mol. The highest BCUT2D eigenvalue weighted by atomic mass is 16.6. The van der Waals surface area contributed by atoms with Crippen LogP contribution in [0.1, 0.15) is 0 Å². The van der Waals surface area contributed by atoms with E-state index in [-0.39, 0.29) is 13.1 Å². The molecule has 0 aromatic carbocycles. The van der Waals surface area contributed by atoms with E-state index in [4.69, 9.17) is 39.8 Å². The van der Waals surface area contributed by atoms with E-state index in [1.165, 1.54) is 0 Å². The molecule has 97 heavy (non-hydrogen) atoms. The summed E-state index contributed by atoms with van der Waals surface area (Å²) in [5.41, 5.74) is 0. The SMILES string of the molecule is O=C(O)CN(CCN(CC(=O)O)CC(=O)NCCN(C(=O)CO/N=C/C(O)C(O)[C@H](O)C(O)CO)C(=O)CO/N=C/C(O)[C@H](O)[C@H](O)C(O)CO)CCN(CC(=O)O)CC(=O)NCCN(C(=O)CO/N=C/C(O)[C@H](O)C(O)C(O)CO)C(=O)CO/N=C/C(O)[C@H](O)[C@H](O)C(O)CO. The third-order valence-corrected chi connectivity index (χ3v) is 12.8. The molecule has 0 aliphatic carbocycles. The maximum Gasteiger partial charge on any atom is 0.317 e. The van der Waals surface area contributed by atoms with Crippen molar-refractivity contribution in [3.8, 4) is 0 Å². The molecule has 0 aromatic rings. The topological polar surface area (TPSA) is 746 Å². The van der Waals surface area contributed by atoms with Gasteiger partial charge in [0.1, 0.15) is 97.7 Å². The Bertz CT molecular complexity index is 2230. The molecule has 6 amide bonds. The number of hydrogen-bond donors (Lipinski definition) is 25. The highest BCUT2D eigenvalue weighted by Crippen LogP contribution is 2.09. The second-order valence-electron chi connectivity index (χ2n) is 20.5. The molecule has 25 N–H and O–H groups in total. The molecular formula is C50H87N11O36. The van der Waals surface area contributed by atoms with Crippen LogP contribution in [0.3, 0.4) is 0 Å². The number of aliphatic carboxylic acids is 3. The van der Waals surface area contributed by atoms with E-state index in [0.717, 1.165) is 14.7 Å². The molecule has 0 radical (unpaired) electrons. The fourth-order valence-electron chi connectivity index (χ4n) is 7.35. The van der Waals surface area contributed by atoms with E-state index in [2.05, 4.69) is 31.3 Å². The van der Waals surface area contributed by atoms with E-state index in [1.807, 2.05) is 0 Å². The molecule has 558 valence electrons. The third kappa shape index (κ3) is 36.7. The second kappa shape index (κ2) is 49.2. The van der Waals surface area contributed by atoms with E-state index in [1.54, 1.807) is 0 Å². The predicted octanol–water partition coefficient (Wildman–Crippen LogP) is -18.2. The maximum atomic E-state index is 13.2. The van der Waals surface area contributed by atoms with Crippen LogP contribution in [0.2, 0.25) is 0 Å². The number of nitrogens with one attached hydrogen (secondary N) is 2. The molecule has 10 unspecified atom stereocenters. The molecule has 0 bridgehead atoms. The lowest BCUT2D eigenvalue weighted by atomic mass is 10.0. The average Bonchev–Trinajstić information content (AvgIpc) is 1.88. The summed E-state index contributed by atoms with van der Waals surface area (Å²) in [5, 5.41) is 239. The van der Waals surface area contributed by atoms with Crippen molar-refractivity contribution >= 4 is 78.2 Å². The summed E-state index contributed by atoms with van der Waals surface area (Å²) in [6.45, 7) is -16.9. The van der Waals surface area contributed by atoms with Crippen LogP contribution in [0.5, 0.6) is 0 Å². The number of amides is 6. The normalized spacial score (nSPS) is 17.1. The number of oxime groups is 4. The highest BCUT2D eigenvalue weighted by molar-refractivity contribution is 5.97. The molecule has 0 fully saturated rings. The number of carbonyl (C=O) groups is 9. The summed E-state index contributed by atoms with van der Waals surface area (Å²) in [6, 6.07) is 0. The van der Waals surface area contributed by atoms with Crippen molar-refractivity contribution in [2.75, 3.05) is 138 Å². The van der Waals surface area contributed by atoms with Crippen LogP contribution >= 0.6 is 0 Å². The van der Waals surface area contributed by atoms with E-state index >= 15 is 0 Å². The number of rotatable bonds is 54. The van der Waals surface area contributed by atoms with Crippen molar-refractivity contribution < 1.29 is 180 Å². The van der Waals surface area contributed by atoms with Crippen LogP contribution in [-0.2, 0) is 62.5 Å². The summed E-state index contributed by atoms with van der Waals surface area (Å²) < 4.78 is 0. The number of nitrogens with zero attached hydrogens (tertiary/aromatic N) is 9. The van der Waals surface area contributed by atoms with Gasteiger partial charge in [-0.3, -0.25) is 67.7 Å². The number of carboxylic acid groups (broad SMARTS) is 3. The monoisotopic (exact) mass is 1420 g/mol. The van der Waals surface area contributed by atoms with Gasteiger partial charge in [-0.05, 0) is 0 Å². The van der Waals surface area contributed by atoms with Crippen LogP contribution < -0.4 is 10.6 Å². The maximum absolute atomic E-state index is 13.2. The van der Waals surface area contributed by atoms with Crippen molar-refractivity contribution in [1.82, 2.24) is 35.1 Å². The van der Waals surface area contributed by atoms with Crippen LogP contribution in [0.25, 0.3) is 0 Å². The zero-order valence-electron chi connectivity index (χ0n) is 51.5. The number of carbonyl (C=O) groups excluding carboxylic acids is 6. The van der Waals surface area contributed by atoms with Gasteiger partial charge in [-0.15, -0.1) is 0 Å². The molecule has 16 atom stereocenters. The Kier molecular flexibility index (Phi) is 45.4. The molecule has 47 heteroatoms. The van der Waals surface area contributed by atoms with E-state index in [9.17, 15) is 140 Å². The Morgan fingerprint density at radius 2 is 0.536 bits per heavy atom.